The zero-order valence-corrected chi connectivity index (χ0v) is 11.5. The van der Waals surface area contributed by atoms with Crippen molar-refractivity contribution >= 4 is 11.8 Å². The van der Waals surface area contributed by atoms with Crippen LogP contribution in [-0.2, 0) is 20.9 Å². The molecule has 108 valence electrons. The number of hydrogen-bond acceptors (Lipinski definition) is 4. The Kier molecular flexibility index (Phi) is 5.30. The van der Waals surface area contributed by atoms with Crippen molar-refractivity contribution in [2.75, 3.05) is 0 Å². The first-order chi connectivity index (χ1) is 9.66. The van der Waals surface area contributed by atoms with Crippen molar-refractivity contribution < 1.29 is 19.4 Å². The molecule has 1 aromatic rings. The lowest BCUT2D eigenvalue weighted by Gasteiger charge is -2.15. The third-order valence-electron chi connectivity index (χ3n) is 3.70. The summed E-state index contributed by atoms with van der Waals surface area (Å²) in [7, 11) is 0. The smallest absolute Gasteiger partial charge is 0.306 e. The topological polar surface area (TPSA) is 63.6 Å². The average Bonchev–Trinajstić information content (AvgIpc) is 2.90. The summed E-state index contributed by atoms with van der Waals surface area (Å²) in [6, 6.07) is 9.45. The van der Waals surface area contributed by atoms with Crippen LogP contribution in [0.3, 0.4) is 0 Å². The summed E-state index contributed by atoms with van der Waals surface area (Å²) < 4.78 is 5.13. The van der Waals surface area contributed by atoms with Gasteiger partial charge in [0, 0.05) is 18.8 Å². The summed E-state index contributed by atoms with van der Waals surface area (Å²) >= 11 is 0. The fraction of sp³-hybridized carbons (Fsp3) is 0.500. The highest BCUT2D eigenvalue weighted by molar-refractivity contribution is 5.83. The van der Waals surface area contributed by atoms with Gasteiger partial charge in [-0.05, 0) is 24.8 Å². The molecule has 0 heterocycles. The van der Waals surface area contributed by atoms with Gasteiger partial charge in [-0.25, -0.2) is 0 Å². The minimum absolute atomic E-state index is 0.121. The van der Waals surface area contributed by atoms with Crippen LogP contribution < -0.4 is 0 Å². The number of hydrogen-bond donors (Lipinski definition) is 1. The van der Waals surface area contributed by atoms with E-state index in [2.05, 4.69) is 0 Å². The monoisotopic (exact) mass is 276 g/mol. The summed E-state index contributed by atoms with van der Waals surface area (Å²) in [5.41, 5.74) is 0.937. The molecule has 0 amide bonds. The van der Waals surface area contributed by atoms with Gasteiger partial charge in [-0.3, -0.25) is 9.59 Å². The first-order valence-electron chi connectivity index (χ1n) is 7.07. The van der Waals surface area contributed by atoms with Gasteiger partial charge in [0.1, 0.15) is 12.4 Å². The number of benzene rings is 1. The zero-order valence-electron chi connectivity index (χ0n) is 11.5. The predicted molar refractivity (Wildman–Crippen MR) is 73.8 cm³/mol. The van der Waals surface area contributed by atoms with Crippen molar-refractivity contribution in [2.45, 2.75) is 44.8 Å². The molecule has 1 saturated carbocycles. The van der Waals surface area contributed by atoms with E-state index < -0.39 is 6.10 Å². The van der Waals surface area contributed by atoms with E-state index in [0.717, 1.165) is 18.4 Å². The summed E-state index contributed by atoms with van der Waals surface area (Å²) in [5.74, 6) is -0.495. The molecule has 0 bridgehead atoms. The van der Waals surface area contributed by atoms with Crippen molar-refractivity contribution in [1.82, 2.24) is 0 Å². The van der Waals surface area contributed by atoms with E-state index in [4.69, 9.17) is 4.74 Å². The Hall–Kier alpha value is -1.68. The van der Waals surface area contributed by atoms with Crippen molar-refractivity contribution in [3.63, 3.8) is 0 Å². The lowest BCUT2D eigenvalue weighted by molar-refractivity contribution is -0.146. The van der Waals surface area contributed by atoms with Crippen molar-refractivity contribution in [3.8, 4) is 0 Å². The second-order valence-corrected chi connectivity index (χ2v) is 5.22. The highest BCUT2D eigenvalue weighted by Gasteiger charge is 2.30. The number of rotatable bonds is 6. The predicted octanol–water partition coefficient (Wildman–Crippen LogP) is 2.24. The van der Waals surface area contributed by atoms with E-state index in [0.29, 0.717) is 12.8 Å². The van der Waals surface area contributed by atoms with Crippen LogP contribution in [0.2, 0.25) is 0 Å². The molecule has 0 saturated heterocycles. The number of ether oxygens (including phenoxy) is 1. The standard InChI is InChI=1S/C16H20O4/c17-14-8-4-7-13(14)15(18)9-10-16(19)20-11-12-5-2-1-3-6-12/h1-3,5-6,13,15,18H,4,7-11H2/t13-,15+/m0/s1. The Morgan fingerprint density at radius 1 is 1.35 bits per heavy atom. The van der Waals surface area contributed by atoms with E-state index in [-0.39, 0.29) is 30.7 Å². The fourth-order valence-electron chi connectivity index (χ4n) is 2.53. The molecule has 1 aromatic carbocycles. The van der Waals surface area contributed by atoms with E-state index in [1.807, 2.05) is 30.3 Å². The van der Waals surface area contributed by atoms with Gasteiger partial charge in [-0.2, -0.15) is 0 Å². The molecular formula is C16H20O4. The molecule has 1 aliphatic carbocycles. The summed E-state index contributed by atoms with van der Waals surface area (Å²) in [4.78, 5) is 23.1. The number of Topliss-reactive ketones (excluding diaryl/α,β-unsaturated/α-hetero) is 1. The normalized spacial score (nSPS) is 19.9. The van der Waals surface area contributed by atoms with Crippen LogP contribution in [0.1, 0.15) is 37.7 Å². The molecule has 4 heteroatoms. The van der Waals surface area contributed by atoms with Gasteiger partial charge in [-0.15, -0.1) is 0 Å². The maximum atomic E-state index is 11.6. The molecule has 2 atom stereocenters. The fourth-order valence-corrected chi connectivity index (χ4v) is 2.53. The highest BCUT2D eigenvalue weighted by atomic mass is 16.5. The van der Waals surface area contributed by atoms with Crippen molar-refractivity contribution in [2.24, 2.45) is 5.92 Å². The summed E-state index contributed by atoms with van der Waals surface area (Å²) in [5, 5.41) is 9.92. The van der Waals surface area contributed by atoms with Crippen molar-refractivity contribution in [3.05, 3.63) is 35.9 Å². The van der Waals surface area contributed by atoms with Gasteiger partial charge in [0.15, 0.2) is 0 Å². The lowest BCUT2D eigenvalue weighted by Crippen LogP contribution is -2.24. The molecule has 0 aromatic heterocycles. The molecule has 4 nitrogen and oxygen atoms in total. The third kappa shape index (κ3) is 4.17. The molecule has 1 N–H and O–H groups in total. The second-order valence-electron chi connectivity index (χ2n) is 5.22. The minimum Gasteiger partial charge on any atom is -0.461 e. The SMILES string of the molecule is O=C(CC[C@@H](O)[C@H]1CCCC1=O)OCc1ccccc1. The highest BCUT2D eigenvalue weighted by Crippen LogP contribution is 2.26. The Balaban J connectivity index is 1.68. The van der Waals surface area contributed by atoms with Gasteiger partial charge < -0.3 is 9.84 Å². The van der Waals surface area contributed by atoms with Gasteiger partial charge in [-0.1, -0.05) is 30.3 Å². The summed E-state index contributed by atoms with van der Waals surface area (Å²) in [6.45, 7) is 0.248. The third-order valence-corrected chi connectivity index (χ3v) is 3.70. The Morgan fingerprint density at radius 2 is 2.10 bits per heavy atom. The van der Waals surface area contributed by atoms with Crippen LogP contribution in [0.15, 0.2) is 30.3 Å². The largest absolute Gasteiger partial charge is 0.461 e. The number of esters is 1. The molecule has 20 heavy (non-hydrogen) atoms. The number of carbonyl (C=O) groups excluding carboxylic acids is 2. The van der Waals surface area contributed by atoms with Crippen LogP contribution in [-0.4, -0.2) is 23.0 Å². The van der Waals surface area contributed by atoms with Crippen LogP contribution in [0.25, 0.3) is 0 Å². The first kappa shape index (κ1) is 14.7. The molecule has 1 aliphatic rings. The van der Waals surface area contributed by atoms with Gasteiger partial charge in [0.25, 0.3) is 0 Å². The molecule has 2 rings (SSSR count). The first-order valence-corrected chi connectivity index (χ1v) is 7.07. The average molecular weight is 276 g/mol. The Morgan fingerprint density at radius 3 is 2.75 bits per heavy atom. The van der Waals surface area contributed by atoms with E-state index in [9.17, 15) is 14.7 Å². The molecule has 1 fully saturated rings. The molecule has 0 spiro atoms. The molecular weight excluding hydrogens is 256 g/mol. The van der Waals surface area contributed by atoms with Gasteiger partial charge in [0.05, 0.1) is 6.10 Å². The Bertz CT molecular complexity index is 455. The molecule has 0 radical (unpaired) electrons. The lowest BCUT2D eigenvalue weighted by atomic mass is 9.96. The number of ketones is 1. The second kappa shape index (κ2) is 7.20. The van der Waals surface area contributed by atoms with E-state index in [1.54, 1.807) is 0 Å². The minimum atomic E-state index is -0.714. The zero-order chi connectivity index (χ0) is 14.4. The number of aliphatic hydroxyl groups excluding tert-OH is 1. The van der Waals surface area contributed by atoms with Crippen LogP contribution in [0.4, 0.5) is 0 Å². The molecule has 0 unspecified atom stereocenters. The van der Waals surface area contributed by atoms with E-state index >= 15 is 0 Å². The molecule has 0 aliphatic heterocycles. The van der Waals surface area contributed by atoms with Crippen LogP contribution in [0.5, 0.6) is 0 Å². The Labute approximate surface area is 118 Å². The van der Waals surface area contributed by atoms with Crippen LogP contribution >= 0.6 is 0 Å². The number of carbonyl (C=O) groups is 2. The maximum Gasteiger partial charge on any atom is 0.306 e. The number of aliphatic hydroxyl groups is 1. The van der Waals surface area contributed by atoms with Crippen LogP contribution in [0, 0.1) is 5.92 Å². The quantitative estimate of drug-likeness (QED) is 0.809. The summed E-state index contributed by atoms with van der Waals surface area (Å²) in [6.07, 6.45) is 1.87. The van der Waals surface area contributed by atoms with Gasteiger partial charge >= 0.3 is 5.97 Å². The maximum absolute atomic E-state index is 11.6. The van der Waals surface area contributed by atoms with E-state index in [1.165, 1.54) is 0 Å². The van der Waals surface area contributed by atoms with Crippen molar-refractivity contribution in [1.29, 1.82) is 0 Å². The van der Waals surface area contributed by atoms with Gasteiger partial charge in [0.2, 0.25) is 0 Å².